The van der Waals surface area contributed by atoms with Gasteiger partial charge < -0.3 is 5.32 Å². The molecule has 1 N–H and O–H groups in total. The van der Waals surface area contributed by atoms with Crippen LogP contribution in [-0.2, 0) is 13.1 Å². The average Bonchev–Trinajstić information content (AvgIpc) is 2.80. The minimum atomic E-state index is 0.416. The van der Waals surface area contributed by atoms with Crippen LogP contribution < -0.4 is 5.32 Å². The molecule has 0 saturated carbocycles. The van der Waals surface area contributed by atoms with E-state index in [0.29, 0.717) is 6.04 Å². The largest absolute Gasteiger partial charge is 0.308 e. The van der Waals surface area contributed by atoms with Crippen LogP contribution in [0.1, 0.15) is 36.6 Å². The molecule has 0 fully saturated rings. The van der Waals surface area contributed by atoms with Gasteiger partial charge in [-0.15, -0.1) is 0 Å². The maximum absolute atomic E-state index is 4.32. The van der Waals surface area contributed by atoms with Gasteiger partial charge >= 0.3 is 0 Å². The minimum Gasteiger partial charge on any atom is -0.308 e. The Balaban J connectivity index is 1.87. The van der Waals surface area contributed by atoms with Gasteiger partial charge in [-0.05, 0) is 38.0 Å². The van der Waals surface area contributed by atoms with Gasteiger partial charge in [0.05, 0.1) is 6.20 Å². The lowest BCUT2D eigenvalue weighted by atomic mass is 10.1. The molecule has 0 spiro atoms. The Labute approximate surface area is 108 Å². The number of pyridine rings is 1. The van der Waals surface area contributed by atoms with Crippen LogP contribution in [0.15, 0.2) is 30.9 Å². The second kappa shape index (κ2) is 5.78. The fourth-order valence-electron chi connectivity index (χ4n) is 1.77. The summed E-state index contributed by atoms with van der Waals surface area (Å²) >= 11 is 0. The molecule has 2 aromatic rings. The Kier molecular flexibility index (Phi) is 4.10. The van der Waals surface area contributed by atoms with E-state index in [0.717, 1.165) is 13.1 Å². The van der Waals surface area contributed by atoms with Gasteiger partial charge in [-0.25, -0.2) is 0 Å². The molecule has 2 heterocycles. The zero-order valence-corrected chi connectivity index (χ0v) is 11.2. The summed E-state index contributed by atoms with van der Waals surface area (Å²) < 4.78 is 1.98. The Morgan fingerprint density at radius 3 is 2.78 bits per heavy atom. The second-order valence-corrected chi connectivity index (χ2v) is 4.83. The molecule has 0 aromatic carbocycles. The average molecular weight is 244 g/mol. The lowest BCUT2D eigenvalue weighted by molar-refractivity contribution is 0.531. The van der Waals surface area contributed by atoms with Crippen molar-refractivity contribution in [2.75, 3.05) is 0 Å². The molecule has 4 heteroatoms. The Bertz CT molecular complexity index is 502. The van der Waals surface area contributed by atoms with E-state index in [1.807, 2.05) is 29.3 Å². The van der Waals surface area contributed by atoms with Crippen LogP contribution in [0, 0.1) is 6.92 Å². The van der Waals surface area contributed by atoms with Crippen molar-refractivity contribution in [3.8, 4) is 0 Å². The molecule has 0 bridgehead atoms. The molecule has 96 valence electrons. The van der Waals surface area contributed by atoms with Crippen molar-refractivity contribution < 1.29 is 0 Å². The molecule has 2 aromatic heterocycles. The van der Waals surface area contributed by atoms with Gasteiger partial charge in [-0.1, -0.05) is 0 Å². The van der Waals surface area contributed by atoms with Crippen molar-refractivity contribution in [1.29, 1.82) is 0 Å². The summed E-state index contributed by atoms with van der Waals surface area (Å²) in [4.78, 5) is 4.14. The van der Waals surface area contributed by atoms with Crippen LogP contribution in [0.3, 0.4) is 0 Å². The molecule has 0 saturated heterocycles. The number of aromatic nitrogens is 3. The zero-order valence-electron chi connectivity index (χ0n) is 11.2. The fraction of sp³-hybridized carbons (Fsp3) is 0.429. The Morgan fingerprint density at radius 2 is 2.11 bits per heavy atom. The normalized spacial score (nSPS) is 11.1. The van der Waals surface area contributed by atoms with E-state index >= 15 is 0 Å². The Morgan fingerprint density at radius 1 is 1.28 bits per heavy atom. The summed E-state index contributed by atoms with van der Waals surface area (Å²) in [7, 11) is 0. The third-order valence-corrected chi connectivity index (χ3v) is 2.98. The summed E-state index contributed by atoms with van der Waals surface area (Å²) in [6, 6.07) is 2.45. The predicted octanol–water partition coefficient (Wildman–Crippen LogP) is 2.46. The molecular weight excluding hydrogens is 224 g/mol. The molecule has 2 rings (SSSR count). The third-order valence-electron chi connectivity index (χ3n) is 2.98. The highest BCUT2D eigenvalue weighted by Crippen LogP contribution is 2.07. The van der Waals surface area contributed by atoms with Crippen molar-refractivity contribution in [3.05, 3.63) is 47.5 Å². The van der Waals surface area contributed by atoms with E-state index in [-0.39, 0.29) is 0 Å². The fourth-order valence-corrected chi connectivity index (χ4v) is 1.77. The first kappa shape index (κ1) is 12.8. The van der Waals surface area contributed by atoms with E-state index in [1.165, 1.54) is 16.7 Å². The summed E-state index contributed by atoms with van der Waals surface area (Å²) in [6.45, 7) is 8.04. The smallest absolute Gasteiger partial charge is 0.0534 e. The second-order valence-electron chi connectivity index (χ2n) is 4.83. The molecule has 18 heavy (non-hydrogen) atoms. The maximum atomic E-state index is 4.32. The number of hydrogen-bond donors (Lipinski definition) is 1. The van der Waals surface area contributed by atoms with Gasteiger partial charge in [0.2, 0.25) is 0 Å². The van der Waals surface area contributed by atoms with E-state index in [9.17, 15) is 0 Å². The molecule has 0 radical (unpaired) electrons. The highest BCUT2D eigenvalue weighted by atomic mass is 15.3. The third kappa shape index (κ3) is 3.17. The van der Waals surface area contributed by atoms with E-state index in [4.69, 9.17) is 0 Å². The van der Waals surface area contributed by atoms with Crippen molar-refractivity contribution in [1.82, 2.24) is 20.1 Å². The highest BCUT2D eigenvalue weighted by molar-refractivity contribution is 5.21. The molecule has 0 aliphatic rings. The van der Waals surface area contributed by atoms with Crippen molar-refractivity contribution in [2.24, 2.45) is 0 Å². The summed E-state index contributed by atoms with van der Waals surface area (Å²) in [5.41, 5.74) is 3.73. The number of nitrogens with one attached hydrogen (secondary N) is 1. The molecule has 0 unspecified atom stereocenters. The lowest BCUT2D eigenvalue weighted by Gasteiger charge is -2.06. The van der Waals surface area contributed by atoms with Crippen molar-refractivity contribution >= 4 is 0 Å². The van der Waals surface area contributed by atoms with Gasteiger partial charge in [-0.2, -0.15) is 5.10 Å². The number of aryl methyl sites for hydroxylation is 1. The number of rotatable bonds is 5. The molecule has 0 amide bonds. The number of hydrogen-bond acceptors (Lipinski definition) is 3. The van der Waals surface area contributed by atoms with Crippen LogP contribution in [0.2, 0.25) is 0 Å². The minimum absolute atomic E-state index is 0.416. The molecule has 0 aliphatic carbocycles. The van der Waals surface area contributed by atoms with E-state index in [1.54, 1.807) is 0 Å². The first-order chi connectivity index (χ1) is 8.66. The lowest BCUT2D eigenvalue weighted by Crippen LogP contribution is -2.13. The maximum Gasteiger partial charge on any atom is 0.0534 e. The molecule has 0 aliphatic heterocycles. The van der Waals surface area contributed by atoms with Gasteiger partial charge in [-0.3, -0.25) is 9.67 Å². The van der Waals surface area contributed by atoms with Gasteiger partial charge in [0.1, 0.15) is 0 Å². The van der Waals surface area contributed by atoms with Crippen LogP contribution in [0.5, 0.6) is 0 Å². The quantitative estimate of drug-likeness (QED) is 0.878. The van der Waals surface area contributed by atoms with Crippen LogP contribution in [0.4, 0.5) is 0 Å². The van der Waals surface area contributed by atoms with Crippen LogP contribution in [-0.4, -0.2) is 14.8 Å². The summed E-state index contributed by atoms with van der Waals surface area (Å²) in [6.07, 6.45) is 7.75. The topological polar surface area (TPSA) is 42.7 Å². The van der Waals surface area contributed by atoms with Crippen molar-refractivity contribution in [3.63, 3.8) is 0 Å². The monoisotopic (exact) mass is 244 g/mol. The first-order valence-corrected chi connectivity index (χ1v) is 6.30. The predicted molar refractivity (Wildman–Crippen MR) is 72.1 cm³/mol. The molecule has 0 atom stereocenters. The zero-order chi connectivity index (χ0) is 13.0. The van der Waals surface area contributed by atoms with Gasteiger partial charge in [0.25, 0.3) is 0 Å². The van der Waals surface area contributed by atoms with Crippen LogP contribution >= 0.6 is 0 Å². The summed E-state index contributed by atoms with van der Waals surface area (Å²) in [5, 5.41) is 7.74. The summed E-state index contributed by atoms with van der Waals surface area (Å²) in [5.74, 6) is 0. The van der Waals surface area contributed by atoms with Crippen LogP contribution in [0.25, 0.3) is 0 Å². The standard InChI is InChI=1S/C14H20N4/c1-11(2)18-10-13(7-17-18)6-16-9-14-8-15-5-4-12(14)3/h4-5,7-8,10-11,16H,6,9H2,1-3H3. The SMILES string of the molecule is Cc1ccncc1CNCc1cnn(C(C)C)c1. The van der Waals surface area contributed by atoms with Gasteiger partial charge in [0, 0.05) is 43.3 Å². The number of nitrogens with zero attached hydrogens (tertiary/aromatic N) is 3. The highest BCUT2D eigenvalue weighted by Gasteiger charge is 2.02. The van der Waals surface area contributed by atoms with E-state index in [2.05, 4.69) is 42.4 Å². The first-order valence-electron chi connectivity index (χ1n) is 6.30. The van der Waals surface area contributed by atoms with E-state index < -0.39 is 0 Å². The van der Waals surface area contributed by atoms with Gasteiger partial charge in [0.15, 0.2) is 0 Å². The van der Waals surface area contributed by atoms with Crippen molar-refractivity contribution in [2.45, 2.75) is 39.9 Å². The molecule has 4 nitrogen and oxygen atoms in total. The Hall–Kier alpha value is -1.68. The molecular formula is C14H20N4.